The fraction of sp³-hybridized carbons (Fsp3) is 0.562. The molecule has 1 aromatic rings. The summed E-state index contributed by atoms with van der Waals surface area (Å²) in [5.74, 6) is 1.58. The Morgan fingerprint density at radius 2 is 1.85 bits per heavy atom. The first kappa shape index (κ1) is 13.6. The van der Waals surface area contributed by atoms with Gasteiger partial charge in [0.15, 0.2) is 0 Å². The number of carbonyl (C=O) groups excluding carboxylic acids is 1. The van der Waals surface area contributed by atoms with Crippen LogP contribution in [0.25, 0.3) is 0 Å². The molecule has 0 radical (unpaired) electrons. The van der Waals surface area contributed by atoms with Crippen molar-refractivity contribution in [1.82, 2.24) is 10.2 Å². The summed E-state index contributed by atoms with van der Waals surface area (Å²) < 4.78 is 0. The predicted molar refractivity (Wildman–Crippen MR) is 80.8 cm³/mol. The summed E-state index contributed by atoms with van der Waals surface area (Å²) in [5, 5.41) is 6.50. The second kappa shape index (κ2) is 5.54. The molecule has 0 aliphatic carbocycles. The van der Waals surface area contributed by atoms with Crippen LogP contribution in [-0.2, 0) is 4.79 Å². The summed E-state index contributed by atoms with van der Waals surface area (Å²) in [6.45, 7) is 8.92. The molecule has 2 unspecified atom stereocenters. The van der Waals surface area contributed by atoms with Gasteiger partial charge in [-0.05, 0) is 49.9 Å². The van der Waals surface area contributed by atoms with Crippen molar-refractivity contribution in [3.63, 3.8) is 0 Å². The van der Waals surface area contributed by atoms with Crippen molar-refractivity contribution in [2.24, 2.45) is 11.8 Å². The van der Waals surface area contributed by atoms with E-state index in [1.165, 1.54) is 0 Å². The second-order valence-corrected chi connectivity index (χ2v) is 6.19. The summed E-state index contributed by atoms with van der Waals surface area (Å²) in [7, 11) is 0. The second-order valence-electron chi connectivity index (χ2n) is 6.19. The molecule has 2 saturated heterocycles. The average molecular weight is 273 g/mol. The zero-order valence-corrected chi connectivity index (χ0v) is 12.3. The number of fused-ring (bicyclic) bond motifs is 1. The fourth-order valence-corrected chi connectivity index (χ4v) is 3.48. The normalized spacial score (nSPS) is 25.7. The predicted octanol–water partition coefficient (Wildman–Crippen LogP) is 1.39. The maximum Gasteiger partial charge on any atom is 0.238 e. The molecule has 2 fully saturated rings. The van der Waals surface area contributed by atoms with Gasteiger partial charge in [-0.1, -0.05) is 18.2 Å². The first-order valence-corrected chi connectivity index (χ1v) is 7.42. The van der Waals surface area contributed by atoms with E-state index in [1.807, 2.05) is 32.0 Å². The fourth-order valence-electron chi connectivity index (χ4n) is 3.48. The lowest BCUT2D eigenvalue weighted by Gasteiger charge is -2.18. The number of hydrogen-bond acceptors (Lipinski definition) is 3. The zero-order valence-electron chi connectivity index (χ0n) is 12.3. The van der Waals surface area contributed by atoms with Crippen molar-refractivity contribution in [1.29, 1.82) is 0 Å². The van der Waals surface area contributed by atoms with Gasteiger partial charge in [-0.2, -0.15) is 0 Å². The van der Waals surface area contributed by atoms with E-state index < -0.39 is 0 Å². The lowest BCUT2D eigenvalue weighted by molar-refractivity contribution is -0.117. The van der Waals surface area contributed by atoms with Gasteiger partial charge in [0.2, 0.25) is 5.91 Å². The van der Waals surface area contributed by atoms with Crippen LogP contribution in [0.5, 0.6) is 0 Å². The molecule has 0 saturated carbocycles. The van der Waals surface area contributed by atoms with Crippen LogP contribution < -0.4 is 10.6 Å². The highest BCUT2D eigenvalue weighted by atomic mass is 16.2. The number of rotatable bonds is 3. The van der Waals surface area contributed by atoms with Crippen molar-refractivity contribution in [2.75, 3.05) is 38.0 Å². The highest BCUT2D eigenvalue weighted by Gasteiger charge is 2.36. The highest BCUT2D eigenvalue weighted by molar-refractivity contribution is 5.93. The Kier molecular flexibility index (Phi) is 3.76. The molecule has 0 bridgehead atoms. The minimum absolute atomic E-state index is 0.107. The molecular formula is C16H23N3O. The average Bonchev–Trinajstić information content (AvgIpc) is 2.94. The number of hydrogen-bond donors (Lipinski definition) is 2. The Labute approximate surface area is 120 Å². The van der Waals surface area contributed by atoms with Crippen molar-refractivity contribution in [2.45, 2.75) is 13.8 Å². The molecule has 1 amide bonds. The smallest absolute Gasteiger partial charge is 0.238 e. The molecule has 2 N–H and O–H groups in total. The Morgan fingerprint density at radius 1 is 1.25 bits per heavy atom. The van der Waals surface area contributed by atoms with E-state index in [4.69, 9.17) is 0 Å². The van der Waals surface area contributed by atoms with E-state index in [1.54, 1.807) is 0 Å². The zero-order chi connectivity index (χ0) is 14.1. The van der Waals surface area contributed by atoms with Crippen molar-refractivity contribution in [3.8, 4) is 0 Å². The lowest BCUT2D eigenvalue weighted by Crippen LogP contribution is -2.34. The van der Waals surface area contributed by atoms with E-state index in [0.717, 1.165) is 54.8 Å². The van der Waals surface area contributed by atoms with Gasteiger partial charge in [0.05, 0.1) is 6.54 Å². The third kappa shape index (κ3) is 2.72. The molecule has 108 valence electrons. The monoisotopic (exact) mass is 273 g/mol. The van der Waals surface area contributed by atoms with Gasteiger partial charge < -0.3 is 10.6 Å². The third-order valence-corrected chi connectivity index (χ3v) is 4.58. The molecule has 4 heteroatoms. The first-order chi connectivity index (χ1) is 9.63. The number of nitrogens with zero attached hydrogens (tertiary/aromatic N) is 1. The molecule has 1 aromatic carbocycles. The Hall–Kier alpha value is -1.39. The van der Waals surface area contributed by atoms with Crippen LogP contribution in [-0.4, -0.2) is 43.5 Å². The lowest BCUT2D eigenvalue weighted by atomic mass is 10.0. The molecule has 2 heterocycles. The molecule has 2 aliphatic rings. The molecule has 0 aromatic heterocycles. The van der Waals surface area contributed by atoms with Crippen LogP contribution in [0.3, 0.4) is 0 Å². The Morgan fingerprint density at radius 3 is 2.45 bits per heavy atom. The third-order valence-electron chi connectivity index (χ3n) is 4.58. The molecule has 2 aliphatic heterocycles. The SMILES string of the molecule is Cc1cccc(C)c1NC(=O)CN1CC2CNCC2C1. The molecular weight excluding hydrogens is 250 g/mol. The van der Waals surface area contributed by atoms with Crippen molar-refractivity contribution < 1.29 is 4.79 Å². The summed E-state index contributed by atoms with van der Waals surface area (Å²) in [4.78, 5) is 14.5. The number of anilines is 1. The molecule has 2 atom stereocenters. The quantitative estimate of drug-likeness (QED) is 0.875. The number of carbonyl (C=O) groups is 1. The van der Waals surface area contributed by atoms with Gasteiger partial charge in [0.1, 0.15) is 0 Å². The molecule has 20 heavy (non-hydrogen) atoms. The molecule has 3 rings (SSSR count). The van der Waals surface area contributed by atoms with Gasteiger partial charge in [0, 0.05) is 18.8 Å². The maximum absolute atomic E-state index is 12.2. The largest absolute Gasteiger partial charge is 0.324 e. The summed E-state index contributed by atoms with van der Waals surface area (Å²) in [6.07, 6.45) is 0. The van der Waals surface area contributed by atoms with Crippen LogP contribution in [0.2, 0.25) is 0 Å². The van der Waals surface area contributed by atoms with Crippen LogP contribution >= 0.6 is 0 Å². The van der Waals surface area contributed by atoms with E-state index >= 15 is 0 Å². The summed E-state index contributed by atoms with van der Waals surface area (Å²) >= 11 is 0. The van der Waals surface area contributed by atoms with Gasteiger partial charge in [-0.15, -0.1) is 0 Å². The number of para-hydroxylation sites is 1. The van der Waals surface area contributed by atoms with E-state index in [9.17, 15) is 4.79 Å². The minimum Gasteiger partial charge on any atom is -0.324 e. The van der Waals surface area contributed by atoms with E-state index in [0.29, 0.717) is 6.54 Å². The van der Waals surface area contributed by atoms with E-state index in [2.05, 4.69) is 15.5 Å². The van der Waals surface area contributed by atoms with Crippen LogP contribution in [0.15, 0.2) is 18.2 Å². The molecule has 4 nitrogen and oxygen atoms in total. The molecule has 0 spiro atoms. The number of aryl methyl sites for hydroxylation is 2. The van der Waals surface area contributed by atoms with Crippen molar-refractivity contribution >= 4 is 11.6 Å². The first-order valence-electron chi connectivity index (χ1n) is 7.42. The van der Waals surface area contributed by atoms with Gasteiger partial charge in [-0.3, -0.25) is 9.69 Å². The summed E-state index contributed by atoms with van der Waals surface area (Å²) in [6, 6.07) is 6.10. The van der Waals surface area contributed by atoms with Gasteiger partial charge in [-0.25, -0.2) is 0 Å². The number of nitrogens with one attached hydrogen (secondary N) is 2. The van der Waals surface area contributed by atoms with Gasteiger partial charge >= 0.3 is 0 Å². The van der Waals surface area contributed by atoms with Gasteiger partial charge in [0.25, 0.3) is 0 Å². The van der Waals surface area contributed by atoms with Crippen molar-refractivity contribution in [3.05, 3.63) is 29.3 Å². The number of amides is 1. The minimum atomic E-state index is 0.107. The van der Waals surface area contributed by atoms with Crippen LogP contribution in [0, 0.1) is 25.7 Å². The number of likely N-dealkylation sites (tertiary alicyclic amines) is 1. The van der Waals surface area contributed by atoms with Crippen LogP contribution in [0.4, 0.5) is 5.69 Å². The Bertz CT molecular complexity index is 482. The van der Waals surface area contributed by atoms with E-state index in [-0.39, 0.29) is 5.91 Å². The Balaban J connectivity index is 1.58. The van der Waals surface area contributed by atoms with Crippen LogP contribution in [0.1, 0.15) is 11.1 Å². The standard InChI is InChI=1S/C16H23N3O/c1-11-4-3-5-12(2)16(11)18-15(20)10-19-8-13-6-17-7-14(13)9-19/h3-5,13-14,17H,6-10H2,1-2H3,(H,18,20). The summed E-state index contributed by atoms with van der Waals surface area (Å²) in [5.41, 5.74) is 3.22. The highest BCUT2D eigenvalue weighted by Crippen LogP contribution is 2.26. The maximum atomic E-state index is 12.2. The number of benzene rings is 1. The topological polar surface area (TPSA) is 44.4 Å².